The molecule has 0 spiro atoms. The van der Waals surface area contributed by atoms with Crippen LogP contribution in [0.1, 0.15) is 6.42 Å². The van der Waals surface area contributed by atoms with Gasteiger partial charge >= 0.3 is 0 Å². The number of nitrogen functional groups attached to an aromatic ring is 1. The highest BCUT2D eigenvalue weighted by Gasteiger charge is 2.28. The van der Waals surface area contributed by atoms with E-state index in [1.807, 2.05) is 0 Å². The van der Waals surface area contributed by atoms with Crippen molar-refractivity contribution in [3.63, 3.8) is 0 Å². The number of carbonyl (C=O) groups excluding carboxylic acids is 2. The van der Waals surface area contributed by atoms with Crippen molar-refractivity contribution in [3.8, 4) is 0 Å². The van der Waals surface area contributed by atoms with Crippen LogP contribution in [0.5, 0.6) is 0 Å². The van der Waals surface area contributed by atoms with Gasteiger partial charge in [0, 0.05) is 11.4 Å². The lowest BCUT2D eigenvalue weighted by molar-refractivity contribution is -0.121. The number of rotatable bonds is 1. The molecule has 1 fully saturated rings. The summed E-state index contributed by atoms with van der Waals surface area (Å²) < 4.78 is 0. The number of amides is 1. The highest BCUT2D eigenvalue weighted by molar-refractivity contribution is 6.15. The number of benzene rings is 1. The minimum absolute atomic E-state index is 0.00873. The van der Waals surface area contributed by atoms with Gasteiger partial charge in [-0.1, -0.05) is 6.07 Å². The quantitative estimate of drug-likeness (QED) is 0.520. The molecule has 0 aliphatic carbocycles. The lowest BCUT2D eigenvalue weighted by Gasteiger charge is -2.14. The molecule has 0 unspecified atom stereocenters. The third-order valence-corrected chi connectivity index (χ3v) is 2.17. The summed E-state index contributed by atoms with van der Waals surface area (Å²) in [5.41, 5.74) is 6.87. The van der Waals surface area contributed by atoms with Gasteiger partial charge in [-0.2, -0.15) is 0 Å². The average Bonchev–Trinajstić information content (AvgIpc) is 2.45. The Morgan fingerprint density at radius 2 is 2.07 bits per heavy atom. The third-order valence-electron chi connectivity index (χ3n) is 2.17. The molecule has 14 heavy (non-hydrogen) atoms. The van der Waals surface area contributed by atoms with E-state index in [4.69, 9.17) is 5.73 Å². The Bertz CT molecular complexity index is 401. The summed E-state index contributed by atoms with van der Waals surface area (Å²) >= 11 is 0. The number of Topliss-reactive ketones (excluding diaryl/α,β-unsaturated/α-hetero) is 1. The van der Waals surface area contributed by atoms with E-state index < -0.39 is 0 Å². The van der Waals surface area contributed by atoms with Gasteiger partial charge in [0.2, 0.25) is 5.91 Å². The molecule has 1 heterocycles. The summed E-state index contributed by atoms with van der Waals surface area (Å²) in [6.45, 7) is 0.169. The maximum atomic E-state index is 11.4. The van der Waals surface area contributed by atoms with Gasteiger partial charge in [0.25, 0.3) is 0 Å². The van der Waals surface area contributed by atoms with Crippen LogP contribution in [0.4, 0.5) is 11.4 Å². The van der Waals surface area contributed by atoms with Crippen molar-refractivity contribution in [2.24, 2.45) is 0 Å². The number of hydrogen-bond acceptors (Lipinski definition) is 3. The zero-order chi connectivity index (χ0) is 10.1. The van der Waals surface area contributed by atoms with Crippen molar-refractivity contribution >= 4 is 23.1 Å². The maximum absolute atomic E-state index is 11.4. The first-order chi connectivity index (χ1) is 6.66. The van der Waals surface area contributed by atoms with E-state index in [0.717, 1.165) is 0 Å². The van der Waals surface area contributed by atoms with Crippen LogP contribution >= 0.6 is 0 Å². The lowest BCUT2D eigenvalue weighted by Crippen LogP contribution is -2.24. The second-order valence-electron chi connectivity index (χ2n) is 3.29. The number of ketones is 1. The molecule has 1 saturated heterocycles. The predicted molar refractivity (Wildman–Crippen MR) is 52.8 cm³/mol. The molecule has 1 aromatic rings. The zero-order valence-electron chi connectivity index (χ0n) is 7.56. The van der Waals surface area contributed by atoms with Crippen molar-refractivity contribution in [2.45, 2.75) is 6.42 Å². The average molecular weight is 190 g/mol. The Labute approximate surface area is 81.3 Å². The highest BCUT2D eigenvalue weighted by atomic mass is 16.2. The monoisotopic (exact) mass is 190 g/mol. The van der Waals surface area contributed by atoms with Crippen LogP contribution in [0.25, 0.3) is 0 Å². The second-order valence-corrected chi connectivity index (χ2v) is 3.29. The van der Waals surface area contributed by atoms with E-state index in [9.17, 15) is 9.59 Å². The molecule has 0 aromatic heterocycles. The Morgan fingerprint density at radius 1 is 1.29 bits per heavy atom. The van der Waals surface area contributed by atoms with Gasteiger partial charge in [0.05, 0.1) is 13.0 Å². The van der Waals surface area contributed by atoms with Gasteiger partial charge in [-0.05, 0) is 18.2 Å². The smallest absolute Gasteiger partial charge is 0.234 e. The first kappa shape index (κ1) is 8.74. The fourth-order valence-electron chi connectivity index (χ4n) is 1.51. The minimum Gasteiger partial charge on any atom is -0.399 e. The second kappa shape index (κ2) is 3.14. The number of hydrogen-bond donors (Lipinski definition) is 1. The Morgan fingerprint density at radius 3 is 2.64 bits per heavy atom. The van der Waals surface area contributed by atoms with E-state index in [1.165, 1.54) is 4.90 Å². The molecular weight excluding hydrogens is 180 g/mol. The largest absolute Gasteiger partial charge is 0.399 e. The van der Waals surface area contributed by atoms with Crippen LogP contribution in [-0.2, 0) is 9.59 Å². The van der Waals surface area contributed by atoms with E-state index in [1.54, 1.807) is 24.3 Å². The Balaban J connectivity index is 2.31. The van der Waals surface area contributed by atoms with Gasteiger partial charge in [0.1, 0.15) is 0 Å². The number of nitrogens with zero attached hydrogens (tertiary/aromatic N) is 1. The molecule has 2 N–H and O–H groups in total. The topological polar surface area (TPSA) is 63.4 Å². The molecule has 2 rings (SSSR count). The first-order valence-corrected chi connectivity index (χ1v) is 4.34. The van der Waals surface area contributed by atoms with Gasteiger partial charge < -0.3 is 10.6 Å². The molecule has 1 aliphatic heterocycles. The standard InChI is InChI=1S/C10H10N2O2/c11-7-2-1-3-8(4-7)12-6-9(13)5-10(12)14/h1-4H,5-6,11H2. The zero-order valence-corrected chi connectivity index (χ0v) is 7.56. The fourth-order valence-corrected chi connectivity index (χ4v) is 1.51. The Hall–Kier alpha value is -1.84. The molecule has 72 valence electrons. The van der Waals surface area contributed by atoms with Crippen LogP contribution in [-0.4, -0.2) is 18.2 Å². The maximum Gasteiger partial charge on any atom is 0.234 e. The summed E-state index contributed by atoms with van der Waals surface area (Å²) in [7, 11) is 0. The molecule has 4 heteroatoms. The summed E-state index contributed by atoms with van der Waals surface area (Å²) in [5, 5.41) is 0. The summed E-state index contributed by atoms with van der Waals surface area (Å²) in [6.07, 6.45) is 0.00873. The van der Waals surface area contributed by atoms with E-state index in [2.05, 4.69) is 0 Å². The van der Waals surface area contributed by atoms with Crippen LogP contribution in [0, 0.1) is 0 Å². The molecule has 1 aliphatic rings. The molecule has 4 nitrogen and oxygen atoms in total. The van der Waals surface area contributed by atoms with Crippen molar-refractivity contribution < 1.29 is 9.59 Å². The van der Waals surface area contributed by atoms with Crippen molar-refractivity contribution in [1.29, 1.82) is 0 Å². The number of carbonyl (C=O) groups is 2. The molecule has 0 radical (unpaired) electrons. The van der Waals surface area contributed by atoms with E-state index >= 15 is 0 Å². The highest BCUT2D eigenvalue weighted by Crippen LogP contribution is 2.21. The summed E-state index contributed by atoms with van der Waals surface area (Å²) in [4.78, 5) is 23.8. The van der Waals surface area contributed by atoms with Crippen molar-refractivity contribution in [3.05, 3.63) is 24.3 Å². The molecule has 1 amide bonds. The van der Waals surface area contributed by atoms with Gasteiger partial charge in [-0.15, -0.1) is 0 Å². The van der Waals surface area contributed by atoms with Crippen LogP contribution in [0.2, 0.25) is 0 Å². The molecule has 0 saturated carbocycles. The van der Waals surface area contributed by atoms with Gasteiger partial charge in [-0.25, -0.2) is 0 Å². The SMILES string of the molecule is Nc1cccc(N2CC(=O)CC2=O)c1. The van der Waals surface area contributed by atoms with E-state index in [0.29, 0.717) is 11.4 Å². The van der Waals surface area contributed by atoms with Gasteiger partial charge in [0.15, 0.2) is 5.78 Å². The molecule has 0 bridgehead atoms. The molecule has 0 atom stereocenters. The van der Waals surface area contributed by atoms with Crippen molar-refractivity contribution in [1.82, 2.24) is 0 Å². The minimum atomic E-state index is -0.152. The van der Waals surface area contributed by atoms with E-state index in [-0.39, 0.29) is 24.7 Å². The molecule has 1 aromatic carbocycles. The summed E-state index contributed by atoms with van der Waals surface area (Å²) in [6, 6.07) is 6.97. The Kier molecular flexibility index (Phi) is 1.96. The summed E-state index contributed by atoms with van der Waals surface area (Å²) in [5.74, 6) is -0.196. The van der Waals surface area contributed by atoms with Crippen LogP contribution < -0.4 is 10.6 Å². The normalized spacial score (nSPS) is 16.4. The third kappa shape index (κ3) is 1.46. The van der Waals surface area contributed by atoms with Crippen LogP contribution in [0.15, 0.2) is 24.3 Å². The number of nitrogens with two attached hydrogens (primary N) is 1. The lowest BCUT2D eigenvalue weighted by atomic mass is 10.2. The van der Waals surface area contributed by atoms with Crippen LogP contribution in [0.3, 0.4) is 0 Å². The van der Waals surface area contributed by atoms with Gasteiger partial charge in [-0.3, -0.25) is 9.59 Å². The predicted octanol–water partition coefficient (Wildman–Crippen LogP) is 0.575. The fraction of sp³-hybridized carbons (Fsp3) is 0.200. The first-order valence-electron chi connectivity index (χ1n) is 4.34. The van der Waals surface area contributed by atoms with Crippen molar-refractivity contribution in [2.75, 3.05) is 17.2 Å². The number of anilines is 2. The molecular formula is C10H10N2O2.